The van der Waals surface area contributed by atoms with Gasteiger partial charge in [-0.1, -0.05) is 28.1 Å². The topological polar surface area (TPSA) is 29.1 Å². The Morgan fingerprint density at radius 3 is 2.93 bits per heavy atom. The summed E-state index contributed by atoms with van der Waals surface area (Å²) in [5.41, 5.74) is 3.73. The lowest BCUT2D eigenvalue weighted by molar-refractivity contribution is -0.113. The minimum Gasteiger partial charge on any atom is -0.325 e. The molecule has 0 saturated carbocycles. The highest BCUT2D eigenvalue weighted by atomic mass is 79.9. The molecule has 0 saturated heterocycles. The van der Waals surface area contributed by atoms with Crippen molar-refractivity contribution in [3.05, 3.63) is 29.3 Å². The number of anilines is 1. The van der Waals surface area contributed by atoms with E-state index in [2.05, 4.69) is 27.3 Å². The average Bonchev–Trinajstić information content (AvgIpc) is 2.29. The van der Waals surface area contributed by atoms with Gasteiger partial charge in [-0.3, -0.25) is 4.79 Å². The van der Waals surface area contributed by atoms with Crippen LogP contribution in [0, 0.1) is 0 Å². The maximum Gasteiger partial charge on any atom is 0.235 e. The van der Waals surface area contributed by atoms with Gasteiger partial charge in [0.05, 0.1) is 5.33 Å². The number of carbonyl (C=O) groups excluding carboxylic acids is 1. The summed E-state index contributed by atoms with van der Waals surface area (Å²) < 4.78 is 0. The number of nitrogens with one attached hydrogen (secondary N) is 1. The molecule has 1 aliphatic carbocycles. The lowest BCUT2D eigenvalue weighted by atomic mass is 9.90. The quantitative estimate of drug-likeness (QED) is 0.821. The summed E-state index contributed by atoms with van der Waals surface area (Å²) in [5.74, 6) is 0.0222. The van der Waals surface area contributed by atoms with E-state index >= 15 is 0 Å². The van der Waals surface area contributed by atoms with E-state index in [1.165, 1.54) is 24.0 Å². The van der Waals surface area contributed by atoms with Crippen molar-refractivity contribution in [2.24, 2.45) is 0 Å². The van der Waals surface area contributed by atoms with Gasteiger partial charge in [0, 0.05) is 5.69 Å². The van der Waals surface area contributed by atoms with Crippen LogP contribution in [0.4, 0.5) is 5.69 Å². The number of benzene rings is 1. The van der Waals surface area contributed by atoms with E-state index in [1.54, 1.807) is 0 Å². The van der Waals surface area contributed by atoms with Crippen molar-refractivity contribution in [1.29, 1.82) is 0 Å². The molecule has 1 N–H and O–H groups in total. The van der Waals surface area contributed by atoms with E-state index in [9.17, 15) is 4.79 Å². The first-order valence-electron chi connectivity index (χ1n) is 5.28. The van der Waals surface area contributed by atoms with Crippen molar-refractivity contribution in [3.8, 4) is 0 Å². The van der Waals surface area contributed by atoms with Crippen LogP contribution >= 0.6 is 15.9 Å². The molecule has 15 heavy (non-hydrogen) atoms. The average molecular weight is 268 g/mol. The molecule has 0 radical (unpaired) electrons. The Kier molecular flexibility index (Phi) is 3.41. The molecular weight excluding hydrogens is 254 g/mol. The van der Waals surface area contributed by atoms with Crippen LogP contribution < -0.4 is 5.32 Å². The molecule has 0 spiro atoms. The minimum absolute atomic E-state index is 0.0222. The fraction of sp³-hybridized carbons (Fsp3) is 0.417. The molecule has 1 amide bonds. The Hall–Kier alpha value is -0.830. The predicted octanol–water partition coefficient (Wildman–Crippen LogP) is 2.90. The molecule has 1 aromatic carbocycles. The van der Waals surface area contributed by atoms with Gasteiger partial charge in [0.15, 0.2) is 0 Å². The molecule has 1 aliphatic rings. The van der Waals surface area contributed by atoms with Crippen LogP contribution in [0.3, 0.4) is 0 Å². The highest BCUT2D eigenvalue weighted by Crippen LogP contribution is 2.27. The van der Waals surface area contributed by atoms with Crippen molar-refractivity contribution in [3.63, 3.8) is 0 Å². The van der Waals surface area contributed by atoms with Crippen LogP contribution in [-0.4, -0.2) is 11.2 Å². The number of halogens is 1. The lowest BCUT2D eigenvalue weighted by Crippen LogP contribution is -2.15. The van der Waals surface area contributed by atoms with E-state index in [4.69, 9.17) is 0 Å². The predicted molar refractivity (Wildman–Crippen MR) is 65.5 cm³/mol. The molecule has 0 bridgehead atoms. The molecule has 3 heteroatoms. The van der Waals surface area contributed by atoms with Gasteiger partial charge in [-0.15, -0.1) is 0 Å². The smallest absolute Gasteiger partial charge is 0.235 e. The maximum absolute atomic E-state index is 11.3. The second-order valence-corrected chi connectivity index (χ2v) is 4.39. The van der Waals surface area contributed by atoms with Crippen LogP contribution in [-0.2, 0) is 17.6 Å². The van der Waals surface area contributed by atoms with Crippen LogP contribution in [0.5, 0.6) is 0 Å². The normalized spacial score (nSPS) is 14.5. The molecule has 1 aromatic rings. The van der Waals surface area contributed by atoms with E-state index in [0.717, 1.165) is 18.5 Å². The number of fused-ring (bicyclic) bond motifs is 1. The summed E-state index contributed by atoms with van der Waals surface area (Å²) >= 11 is 3.16. The van der Waals surface area contributed by atoms with Gasteiger partial charge in [-0.05, 0) is 42.9 Å². The summed E-state index contributed by atoms with van der Waals surface area (Å²) in [5, 5.41) is 3.29. The molecule has 2 nitrogen and oxygen atoms in total. The fourth-order valence-corrected chi connectivity index (χ4v) is 2.22. The van der Waals surface area contributed by atoms with Crippen LogP contribution in [0.1, 0.15) is 24.0 Å². The van der Waals surface area contributed by atoms with Crippen LogP contribution in [0.2, 0.25) is 0 Å². The van der Waals surface area contributed by atoms with Gasteiger partial charge < -0.3 is 5.32 Å². The molecule has 0 aliphatic heterocycles. The standard InChI is InChI=1S/C12H14BrNO/c13-8-12(15)14-11-7-3-5-9-4-1-2-6-10(9)11/h3,5,7H,1-2,4,6,8H2,(H,14,15). The minimum atomic E-state index is 0.0222. The number of carbonyl (C=O) groups is 1. The zero-order valence-corrected chi connectivity index (χ0v) is 10.1. The van der Waals surface area contributed by atoms with Gasteiger partial charge in [-0.25, -0.2) is 0 Å². The Labute approximate surface area is 98.2 Å². The molecular formula is C12H14BrNO. The summed E-state index contributed by atoms with van der Waals surface area (Å²) in [6.07, 6.45) is 4.73. The van der Waals surface area contributed by atoms with Crippen LogP contribution in [0.25, 0.3) is 0 Å². The number of alkyl halides is 1. The molecule has 0 fully saturated rings. The first-order valence-corrected chi connectivity index (χ1v) is 6.40. The number of hydrogen-bond acceptors (Lipinski definition) is 1. The number of hydrogen-bond donors (Lipinski definition) is 1. The van der Waals surface area contributed by atoms with Crippen LogP contribution in [0.15, 0.2) is 18.2 Å². The Balaban J connectivity index is 2.27. The van der Waals surface area contributed by atoms with Crippen molar-refractivity contribution in [2.45, 2.75) is 25.7 Å². The Morgan fingerprint density at radius 2 is 2.13 bits per heavy atom. The highest BCUT2D eigenvalue weighted by molar-refractivity contribution is 9.09. The largest absolute Gasteiger partial charge is 0.325 e. The van der Waals surface area contributed by atoms with Gasteiger partial charge >= 0.3 is 0 Å². The summed E-state index contributed by atoms with van der Waals surface area (Å²) in [7, 11) is 0. The molecule has 0 heterocycles. The number of rotatable bonds is 2. The van der Waals surface area contributed by atoms with E-state index in [-0.39, 0.29) is 5.91 Å². The first-order chi connectivity index (χ1) is 7.31. The molecule has 0 aromatic heterocycles. The van der Waals surface area contributed by atoms with Gasteiger partial charge in [0.1, 0.15) is 0 Å². The third kappa shape index (κ3) is 2.40. The maximum atomic E-state index is 11.3. The Morgan fingerprint density at radius 1 is 1.33 bits per heavy atom. The number of aryl methyl sites for hydroxylation is 1. The number of amides is 1. The van der Waals surface area contributed by atoms with Gasteiger partial charge in [-0.2, -0.15) is 0 Å². The fourth-order valence-electron chi connectivity index (χ4n) is 2.08. The van der Waals surface area contributed by atoms with Crippen molar-refractivity contribution < 1.29 is 4.79 Å². The van der Waals surface area contributed by atoms with Crippen molar-refractivity contribution >= 4 is 27.5 Å². The third-order valence-electron chi connectivity index (χ3n) is 2.79. The zero-order valence-electron chi connectivity index (χ0n) is 8.55. The van der Waals surface area contributed by atoms with Gasteiger partial charge in [0.25, 0.3) is 0 Å². The lowest BCUT2D eigenvalue weighted by Gasteiger charge is -2.19. The van der Waals surface area contributed by atoms with E-state index < -0.39 is 0 Å². The van der Waals surface area contributed by atoms with Crippen molar-refractivity contribution in [1.82, 2.24) is 0 Å². The Bertz CT molecular complexity index is 376. The third-order valence-corrected chi connectivity index (χ3v) is 3.30. The molecule has 0 atom stereocenters. The molecule has 80 valence electrons. The second-order valence-electron chi connectivity index (χ2n) is 3.83. The SMILES string of the molecule is O=C(CBr)Nc1cccc2c1CCCC2. The van der Waals surface area contributed by atoms with E-state index in [1.807, 2.05) is 12.1 Å². The van der Waals surface area contributed by atoms with Gasteiger partial charge in [0.2, 0.25) is 5.91 Å². The van der Waals surface area contributed by atoms with Crippen molar-refractivity contribution in [2.75, 3.05) is 10.6 Å². The summed E-state index contributed by atoms with van der Waals surface area (Å²) in [6, 6.07) is 6.18. The van der Waals surface area contributed by atoms with E-state index in [0.29, 0.717) is 5.33 Å². The zero-order chi connectivity index (χ0) is 10.7. The monoisotopic (exact) mass is 267 g/mol. The molecule has 2 rings (SSSR count). The first kappa shape index (κ1) is 10.7. The summed E-state index contributed by atoms with van der Waals surface area (Å²) in [6.45, 7) is 0. The second kappa shape index (κ2) is 4.79. The molecule has 0 unspecified atom stereocenters. The highest BCUT2D eigenvalue weighted by Gasteiger charge is 2.13. The summed E-state index contributed by atoms with van der Waals surface area (Å²) in [4.78, 5) is 11.3.